The highest BCUT2D eigenvalue weighted by molar-refractivity contribution is 5.96. The van der Waals surface area contributed by atoms with Gasteiger partial charge < -0.3 is 9.84 Å². The van der Waals surface area contributed by atoms with Crippen LogP contribution in [0.2, 0.25) is 0 Å². The second-order valence-electron chi connectivity index (χ2n) is 5.06. The fraction of sp³-hybridized carbons (Fsp3) is 0.222. The first-order chi connectivity index (χ1) is 10.6. The van der Waals surface area contributed by atoms with Crippen molar-refractivity contribution in [3.8, 4) is 5.75 Å². The average molecular weight is 298 g/mol. The van der Waals surface area contributed by atoms with Crippen LogP contribution < -0.4 is 4.74 Å². The number of carboxylic acid groups (broad SMARTS) is 1. The summed E-state index contributed by atoms with van der Waals surface area (Å²) in [6, 6.07) is 16.1. The molecule has 4 nitrogen and oxygen atoms in total. The van der Waals surface area contributed by atoms with Crippen molar-refractivity contribution in [2.24, 2.45) is 0 Å². The molecule has 0 amide bonds. The van der Waals surface area contributed by atoms with E-state index in [1.165, 1.54) is 0 Å². The number of carboxylic acids is 1. The third kappa shape index (κ3) is 4.19. The van der Waals surface area contributed by atoms with Crippen LogP contribution in [0, 0.1) is 0 Å². The number of carbonyl (C=O) groups is 2. The molecule has 22 heavy (non-hydrogen) atoms. The predicted molar refractivity (Wildman–Crippen MR) is 83.4 cm³/mol. The summed E-state index contributed by atoms with van der Waals surface area (Å²) in [7, 11) is 1.56. The standard InChI is InChI=1S/C18H18O4/c1-22-16-9-7-14(8-10-16)17(19)11-15(12-18(20)21)13-5-3-2-4-6-13/h2-10,15H,11-12H2,1H3,(H,20,21). The van der Waals surface area contributed by atoms with Crippen molar-refractivity contribution in [2.45, 2.75) is 18.8 Å². The van der Waals surface area contributed by atoms with Gasteiger partial charge in [-0.05, 0) is 29.8 Å². The van der Waals surface area contributed by atoms with Gasteiger partial charge in [0.15, 0.2) is 5.78 Å². The van der Waals surface area contributed by atoms with E-state index in [0.29, 0.717) is 11.3 Å². The number of hydrogen-bond donors (Lipinski definition) is 1. The number of benzene rings is 2. The number of carbonyl (C=O) groups excluding carboxylic acids is 1. The van der Waals surface area contributed by atoms with Crippen molar-refractivity contribution in [2.75, 3.05) is 7.11 Å². The van der Waals surface area contributed by atoms with Crippen LogP contribution in [0.1, 0.15) is 34.7 Å². The molecule has 1 N–H and O–H groups in total. The van der Waals surface area contributed by atoms with E-state index in [9.17, 15) is 9.59 Å². The summed E-state index contributed by atoms with van der Waals surface area (Å²) in [5.74, 6) is -0.621. The molecule has 114 valence electrons. The van der Waals surface area contributed by atoms with Crippen LogP contribution >= 0.6 is 0 Å². The molecule has 0 radical (unpaired) electrons. The molecule has 0 aliphatic carbocycles. The number of rotatable bonds is 7. The van der Waals surface area contributed by atoms with Gasteiger partial charge in [-0.25, -0.2) is 0 Å². The summed E-state index contributed by atoms with van der Waals surface area (Å²) >= 11 is 0. The van der Waals surface area contributed by atoms with Gasteiger partial charge in [0.1, 0.15) is 5.75 Å². The van der Waals surface area contributed by atoms with Crippen molar-refractivity contribution in [3.05, 3.63) is 65.7 Å². The van der Waals surface area contributed by atoms with Crippen LogP contribution in [-0.4, -0.2) is 24.0 Å². The largest absolute Gasteiger partial charge is 0.497 e. The van der Waals surface area contributed by atoms with Gasteiger partial charge in [0.2, 0.25) is 0 Å². The summed E-state index contributed by atoms with van der Waals surface area (Å²) in [6.07, 6.45) is 0.106. The van der Waals surface area contributed by atoms with Crippen LogP contribution in [-0.2, 0) is 4.79 Å². The molecule has 1 atom stereocenters. The fourth-order valence-corrected chi connectivity index (χ4v) is 2.36. The Kier molecular flexibility index (Phi) is 5.31. The van der Waals surface area contributed by atoms with Crippen LogP contribution in [0.5, 0.6) is 5.75 Å². The van der Waals surface area contributed by atoms with Crippen molar-refractivity contribution in [3.63, 3.8) is 0 Å². The first-order valence-corrected chi connectivity index (χ1v) is 7.04. The third-order valence-corrected chi connectivity index (χ3v) is 3.54. The monoisotopic (exact) mass is 298 g/mol. The van der Waals surface area contributed by atoms with E-state index in [-0.39, 0.29) is 24.5 Å². The molecule has 2 aromatic rings. The summed E-state index contributed by atoms with van der Waals surface area (Å²) in [4.78, 5) is 23.4. The van der Waals surface area contributed by atoms with Crippen LogP contribution in [0.25, 0.3) is 0 Å². The highest BCUT2D eigenvalue weighted by Crippen LogP contribution is 2.25. The lowest BCUT2D eigenvalue weighted by atomic mass is 9.89. The topological polar surface area (TPSA) is 63.6 Å². The van der Waals surface area contributed by atoms with Gasteiger partial charge >= 0.3 is 5.97 Å². The molecule has 2 aromatic carbocycles. The van der Waals surface area contributed by atoms with E-state index >= 15 is 0 Å². The molecule has 2 rings (SSSR count). The van der Waals surface area contributed by atoms with Gasteiger partial charge in [-0.15, -0.1) is 0 Å². The van der Waals surface area contributed by atoms with Crippen molar-refractivity contribution in [1.82, 2.24) is 0 Å². The number of aliphatic carboxylic acids is 1. The minimum absolute atomic E-state index is 0.0636. The Balaban J connectivity index is 2.15. The van der Waals surface area contributed by atoms with Crippen molar-refractivity contribution < 1.29 is 19.4 Å². The fourth-order valence-electron chi connectivity index (χ4n) is 2.36. The average Bonchev–Trinajstić information content (AvgIpc) is 2.54. The quantitative estimate of drug-likeness (QED) is 0.794. The zero-order valence-corrected chi connectivity index (χ0v) is 12.4. The predicted octanol–water partition coefficient (Wildman–Crippen LogP) is 3.53. The molecule has 1 unspecified atom stereocenters. The minimum Gasteiger partial charge on any atom is -0.497 e. The molecular formula is C18H18O4. The molecule has 4 heteroatoms. The first kappa shape index (κ1) is 15.8. The van der Waals surface area contributed by atoms with Crippen LogP contribution in [0.15, 0.2) is 54.6 Å². The van der Waals surface area contributed by atoms with Gasteiger partial charge in [0.25, 0.3) is 0 Å². The Morgan fingerprint density at radius 3 is 2.18 bits per heavy atom. The maximum atomic E-state index is 12.4. The number of Topliss-reactive ketones (excluding diaryl/α,β-unsaturated/α-hetero) is 1. The SMILES string of the molecule is COc1ccc(C(=O)CC(CC(=O)O)c2ccccc2)cc1. The number of methoxy groups -OCH3 is 1. The summed E-state index contributed by atoms with van der Waals surface area (Å²) in [5, 5.41) is 9.07. The highest BCUT2D eigenvalue weighted by Gasteiger charge is 2.20. The molecule has 0 spiro atoms. The third-order valence-electron chi connectivity index (χ3n) is 3.54. The normalized spacial score (nSPS) is 11.7. The molecule has 0 saturated heterocycles. The van der Waals surface area contributed by atoms with Gasteiger partial charge in [-0.2, -0.15) is 0 Å². The molecule has 0 fully saturated rings. The molecule has 0 bridgehead atoms. The Morgan fingerprint density at radius 2 is 1.64 bits per heavy atom. The molecule has 0 aliphatic rings. The van der Waals surface area contributed by atoms with Gasteiger partial charge in [0.05, 0.1) is 13.5 Å². The number of hydrogen-bond acceptors (Lipinski definition) is 3. The lowest BCUT2D eigenvalue weighted by Gasteiger charge is -2.14. The van der Waals surface area contributed by atoms with E-state index in [2.05, 4.69) is 0 Å². The highest BCUT2D eigenvalue weighted by atomic mass is 16.5. The van der Waals surface area contributed by atoms with Gasteiger partial charge in [-0.1, -0.05) is 30.3 Å². The number of ketones is 1. The molecular weight excluding hydrogens is 280 g/mol. The zero-order chi connectivity index (χ0) is 15.9. The van der Waals surface area contributed by atoms with E-state index < -0.39 is 5.97 Å². The zero-order valence-electron chi connectivity index (χ0n) is 12.4. The summed E-state index contributed by atoms with van der Waals surface area (Å²) in [5.41, 5.74) is 1.43. The minimum atomic E-state index is -0.906. The van der Waals surface area contributed by atoms with E-state index in [1.807, 2.05) is 30.3 Å². The summed E-state index contributed by atoms with van der Waals surface area (Å²) < 4.78 is 5.06. The number of ether oxygens (including phenoxy) is 1. The maximum Gasteiger partial charge on any atom is 0.303 e. The lowest BCUT2D eigenvalue weighted by Crippen LogP contribution is -2.12. The Labute approximate surface area is 129 Å². The van der Waals surface area contributed by atoms with E-state index in [0.717, 1.165) is 5.56 Å². The van der Waals surface area contributed by atoms with Crippen molar-refractivity contribution >= 4 is 11.8 Å². The van der Waals surface area contributed by atoms with E-state index in [4.69, 9.17) is 9.84 Å². The lowest BCUT2D eigenvalue weighted by molar-refractivity contribution is -0.137. The molecule has 0 aliphatic heterocycles. The van der Waals surface area contributed by atoms with Crippen molar-refractivity contribution in [1.29, 1.82) is 0 Å². The van der Waals surface area contributed by atoms with Gasteiger partial charge in [-0.3, -0.25) is 9.59 Å². The maximum absolute atomic E-state index is 12.4. The second kappa shape index (κ2) is 7.41. The summed E-state index contributed by atoms with van der Waals surface area (Å²) in [6.45, 7) is 0. The Morgan fingerprint density at radius 1 is 1.00 bits per heavy atom. The molecule has 0 heterocycles. The molecule has 0 saturated carbocycles. The molecule has 0 aromatic heterocycles. The van der Waals surface area contributed by atoms with E-state index in [1.54, 1.807) is 31.4 Å². The second-order valence-corrected chi connectivity index (χ2v) is 5.06. The van der Waals surface area contributed by atoms with Crippen LogP contribution in [0.3, 0.4) is 0 Å². The smallest absolute Gasteiger partial charge is 0.303 e. The Bertz CT molecular complexity index is 632. The first-order valence-electron chi connectivity index (χ1n) is 7.04. The Hall–Kier alpha value is -2.62. The van der Waals surface area contributed by atoms with Crippen LogP contribution in [0.4, 0.5) is 0 Å². The van der Waals surface area contributed by atoms with Gasteiger partial charge in [0, 0.05) is 17.9 Å².